The largest absolute Gasteiger partial charge is 0.496 e. The Morgan fingerprint density at radius 3 is 2.73 bits per heavy atom. The molecule has 0 aliphatic heterocycles. The third kappa shape index (κ3) is 2.53. The number of hydrogen-bond acceptors (Lipinski definition) is 3. The minimum absolute atomic E-state index is 0.0115. The summed E-state index contributed by atoms with van der Waals surface area (Å²) >= 11 is 0. The standard InChI is InChI=1S/C11H14FNO2/c1-7-4-8(12)11(9(14)6-13-2)10(5-7)15-3/h4-5,13H,6H2,1-3H3. The monoisotopic (exact) mass is 211 g/mol. The minimum atomic E-state index is -0.535. The molecule has 82 valence electrons. The Morgan fingerprint density at radius 1 is 1.53 bits per heavy atom. The summed E-state index contributed by atoms with van der Waals surface area (Å²) in [6.07, 6.45) is 0. The molecule has 0 aromatic heterocycles. The predicted octanol–water partition coefficient (Wildman–Crippen LogP) is 1.54. The zero-order valence-corrected chi connectivity index (χ0v) is 9.06. The number of ketones is 1. The van der Waals surface area contributed by atoms with E-state index in [1.54, 1.807) is 20.0 Å². The molecule has 0 unspecified atom stereocenters. The van der Waals surface area contributed by atoms with Crippen LogP contribution in [0.2, 0.25) is 0 Å². The first-order chi connectivity index (χ1) is 7.10. The van der Waals surface area contributed by atoms with Gasteiger partial charge in [-0.3, -0.25) is 4.79 Å². The number of halogens is 1. The SMILES string of the molecule is CNCC(=O)c1c(F)cc(C)cc1OC. The van der Waals surface area contributed by atoms with Gasteiger partial charge >= 0.3 is 0 Å². The van der Waals surface area contributed by atoms with E-state index in [1.807, 2.05) is 0 Å². The van der Waals surface area contributed by atoms with Gasteiger partial charge < -0.3 is 10.1 Å². The highest BCUT2D eigenvalue weighted by Gasteiger charge is 2.17. The van der Waals surface area contributed by atoms with Gasteiger partial charge in [0.05, 0.1) is 19.2 Å². The molecule has 1 N–H and O–H groups in total. The molecule has 0 saturated heterocycles. The van der Waals surface area contributed by atoms with Gasteiger partial charge in [0.25, 0.3) is 0 Å². The fraction of sp³-hybridized carbons (Fsp3) is 0.364. The van der Waals surface area contributed by atoms with Gasteiger partial charge in [-0.25, -0.2) is 4.39 Å². The molecule has 0 bridgehead atoms. The van der Waals surface area contributed by atoms with Crippen molar-refractivity contribution in [3.63, 3.8) is 0 Å². The summed E-state index contributed by atoms with van der Waals surface area (Å²) in [7, 11) is 3.06. The number of carbonyl (C=O) groups excluding carboxylic acids is 1. The van der Waals surface area contributed by atoms with E-state index in [2.05, 4.69) is 5.32 Å². The van der Waals surface area contributed by atoms with Crippen LogP contribution < -0.4 is 10.1 Å². The Bertz CT molecular complexity index is 377. The number of nitrogens with one attached hydrogen (secondary N) is 1. The Labute approximate surface area is 88.2 Å². The first-order valence-electron chi connectivity index (χ1n) is 4.62. The van der Waals surface area contributed by atoms with Crippen LogP contribution in [0, 0.1) is 12.7 Å². The van der Waals surface area contributed by atoms with E-state index in [-0.39, 0.29) is 23.6 Å². The fourth-order valence-electron chi connectivity index (χ4n) is 1.39. The van der Waals surface area contributed by atoms with E-state index in [0.29, 0.717) is 0 Å². The maximum absolute atomic E-state index is 13.5. The Morgan fingerprint density at radius 2 is 2.20 bits per heavy atom. The van der Waals surface area contributed by atoms with E-state index in [0.717, 1.165) is 5.56 Å². The molecule has 0 fully saturated rings. The minimum Gasteiger partial charge on any atom is -0.496 e. The first-order valence-corrected chi connectivity index (χ1v) is 4.62. The Hall–Kier alpha value is -1.42. The van der Waals surface area contributed by atoms with Crippen LogP contribution >= 0.6 is 0 Å². The molecule has 0 spiro atoms. The van der Waals surface area contributed by atoms with Crippen molar-refractivity contribution in [2.45, 2.75) is 6.92 Å². The highest BCUT2D eigenvalue weighted by atomic mass is 19.1. The average Bonchev–Trinajstić information content (AvgIpc) is 2.16. The number of rotatable bonds is 4. The second-order valence-electron chi connectivity index (χ2n) is 3.28. The van der Waals surface area contributed by atoms with E-state index >= 15 is 0 Å². The van der Waals surface area contributed by atoms with Crippen molar-refractivity contribution in [1.29, 1.82) is 0 Å². The van der Waals surface area contributed by atoms with Gasteiger partial charge in [-0.1, -0.05) is 0 Å². The zero-order chi connectivity index (χ0) is 11.4. The molecule has 1 rings (SSSR count). The number of aryl methyl sites for hydroxylation is 1. The summed E-state index contributed by atoms with van der Waals surface area (Å²) in [6, 6.07) is 2.97. The third-order valence-corrected chi connectivity index (χ3v) is 2.03. The molecule has 15 heavy (non-hydrogen) atoms. The summed E-state index contributed by atoms with van der Waals surface area (Å²) < 4.78 is 18.5. The number of hydrogen-bond donors (Lipinski definition) is 1. The van der Waals surface area contributed by atoms with E-state index in [4.69, 9.17) is 4.74 Å². The molecule has 0 heterocycles. The number of Topliss-reactive ketones (excluding diaryl/α,β-unsaturated/α-hetero) is 1. The molecular weight excluding hydrogens is 197 g/mol. The summed E-state index contributed by atoms with van der Waals surface area (Å²) in [4.78, 5) is 11.6. The lowest BCUT2D eigenvalue weighted by Gasteiger charge is -2.09. The second-order valence-corrected chi connectivity index (χ2v) is 3.28. The number of methoxy groups -OCH3 is 1. The molecule has 0 radical (unpaired) electrons. The molecule has 1 aromatic carbocycles. The van der Waals surface area contributed by atoms with Crippen LogP contribution in [-0.2, 0) is 0 Å². The highest BCUT2D eigenvalue weighted by molar-refractivity contribution is 6.00. The number of likely N-dealkylation sites (N-methyl/N-ethyl adjacent to an activating group) is 1. The van der Waals surface area contributed by atoms with Crippen LogP contribution in [0.25, 0.3) is 0 Å². The van der Waals surface area contributed by atoms with Crippen molar-refractivity contribution in [3.05, 3.63) is 29.1 Å². The van der Waals surface area contributed by atoms with Crippen LogP contribution in [0.4, 0.5) is 4.39 Å². The van der Waals surface area contributed by atoms with Gasteiger partial charge in [-0.15, -0.1) is 0 Å². The number of ether oxygens (including phenoxy) is 1. The number of carbonyl (C=O) groups is 1. The van der Waals surface area contributed by atoms with E-state index in [1.165, 1.54) is 13.2 Å². The van der Waals surface area contributed by atoms with Gasteiger partial charge in [-0.2, -0.15) is 0 Å². The topological polar surface area (TPSA) is 38.3 Å². The average molecular weight is 211 g/mol. The lowest BCUT2D eigenvalue weighted by molar-refractivity contribution is 0.0986. The zero-order valence-electron chi connectivity index (χ0n) is 9.06. The second kappa shape index (κ2) is 4.89. The van der Waals surface area contributed by atoms with Crippen LogP contribution in [-0.4, -0.2) is 26.5 Å². The number of benzene rings is 1. The summed E-state index contributed by atoms with van der Waals surface area (Å²) in [6.45, 7) is 1.84. The van der Waals surface area contributed by atoms with Crippen LogP contribution in [0.5, 0.6) is 5.75 Å². The maximum Gasteiger partial charge on any atom is 0.183 e. The molecule has 0 atom stereocenters. The van der Waals surface area contributed by atoms with Gasteiger partial charge in [0, 0.05) is 0 Å². The molecule has 0 aliphatic carbocycles. The predicted molar refractivity (Wildman–Crippen MR) is 55.9 cm³/mol. The lowest BCUT2D eigenvalue weighted by atomic mass is 10.1. The van der Waals surface area contributed by atoms with Gasteiger partial charge in [0.2, 0.25) is 0 Å². The van der Waals surface area contributed by atoms with Crippen molar-refractivity contribution < 1.29 is 13.9 Å². The Balaban J connectivity index is 3.20. The van der Waals surface area contributed by atoms with Crippen molar-refractivity contribution in [2.75, 3.05) is 20.7 Å². The highest BCUT2D eigenvalue weighted by Crippen LogP contribution is 2.23. The quantitative estimate of drug-likeness (QED) is 0.768. The van der Waals surface area contributed by atoms with E-state index < -0.39 is 5.82 Å². The third-order valence-electron chi connectivity index (χ3n) is 2.03. The van der Waals surface area contributed by atoms with Gasteiger partial charge in [-0.05, 0) is 31.7 Å². The van der Waals surface area contributed by atoms with Crippen LogP contribution in [0.15, 0.2) is 12.1 Å². The fourth-order valence-corrected chi connectivity index (χ4v) is 1.39. The molecule has 0 aliphatic rings. The Kier molecular flexibility index (Phi) is 3.80. The van der Waals surface area contributed by atoms with Crippen molar-refractivity contribution in [1.82, 2.24) is 5.32 Å². The summed E-state index contributed by atoms with van der Waals surface area (Å²) in [5.74, 6) is -0.563. The maximum atomic E-state index is 13.5. The van der Waals surface area contributed by atoms with Crippen LogP contribution in [0.3, 0.4) is 0 Å². The molecule has 3 nitrogen and oxygen atoms in total. The normalized spacial score (nSPS) is 10.1. The molecule has 0 amide bonds. The molecule has 1 aromatic rings. The summed E-state index contributed by atoms with van der Waals surface area (Å²) in [5.41, 5.74) is 0.739. The van der Waals surface area contributed by atoms with Crippen molar-refractivity contribution in [2.24, 2.45) is 0 Å². The summed E-state index contributed by atoms with van der Waals surface area (Å²) in [5, 5.41) is 2.69. The molecule has 0 saturated carbocycles. The van der Waals surface area contributed by atoms with E-state index in [9.17, 15) is 9.18 Å². The van der Waals surface area contributed by atoms with Gasteiger partial charge in [0.15, 0.2) is 5.78 Å². The van der Waals surface area contributed by atoms with Crippen molar-refractivity contribution in [3.8, 4) is 5.75 Å². The molecule has 4 heteroatoms. The van der Waals surface area contributed by atoms with Crippen LogP contribution in [0.1, 0.15) is 15.9 Å². The van der Waals surface area contributed by atoms with Gasteiger partial charge in [0.1, 0.15) is 11.6 Å². The lowest BCUT2D eigenvalue weighted by Crippen LogP contribution is -2.20. The van der Waals surface area contributed by atoms with Crippen molar-refractivity contribution >= 4 is 5.78 Å². The smallest absolute Gasteiger partial charge is 0.183 e. The molecular formula is C11H14FNO2. The first kappa shape index (κ1) is 11.7.